The first kappa shape index (κ1) is 37.9. The molecular formula is C30H48N10O5S. The number of guanidine groups is 1. The highest BCUT2D eigenvalue weighted by Crippen LogP contribution is 2.09. The molecule has 0 aliphatic carbocycles. The summed E-state index contributed by atoms with van der Waals surface area (Å²) in [5, 5.41) is 21.1. The fourth-order valence-electron chi connectivity index (χ4n) is 4.79. The number of carbonyl (C=O) groups is 4. The molecule has 0 saturated heterocycles. The van der Waals surface area contributed by atoms with Gasteiger partial charge in [0, 0.05) is 38.3 Å². The number of hydrogen-bond donors (Lipinski definition) is 9. The standard InChI is InChI=1S/C30H48N10O5S/c1-3-34-21(13-9-15-35-29(32)33)25(41)38-23(17-20-18-40(2)30(46)36-20)27(43)37-22(12-7-8-14-31)26(42)39-24(28(44)45)16-19-10-5-4-6-11-19/h4-6,10-11,18,21-24,34H,3,7-9,12-17,31H2,1-2H3,(H,36,46)(H,37,43)(H,38,41)(H,39,42)(H,44,45)(H4,32,33,35). The molecule has 12 N–H and O–H groups in total. The van der Waals surface area contributed by atoms with Crippen LogP contribution in [0.3, 0.4) is 0 Å². The van der Waals surface area contributed by atoms with E-state index >= 15 is 0 Å². The predicted octanol–water partition coefficient (Wildman–Crippen LogP) is -0.432. The molecule has 4 atom stereocenters. The number of unbranched alkanes of at least 4 members (excludes halogenated alkanes) is 1. The van der Waals surface area contributed by atoms with Gasteiger partial charge in [-0.25, -0.2) is 4.79 Å². The highest BCUT2D eigenvalue weighted by atomic mass is 32.1. The molecule has 16 heteroatoms. The number of aromatic amines is 1. The molecule has 0 aliphatic rings. The molecule has 0 radical (unpaired) electrons. The number of aryl methyl sites for hydroxylation is 1. The molecule has 254 valence electrons. The Morgan fingerprint density at radius 1 is 0.913 bits per heavy atom. The molecule has 0 spiro atoms. The Hall–Kier alpha value is -4.28. The third-order valence-electron chi connectivity index (χ3n) is 7.18. The summed E-state index contributed by atoms with van der Waals surface area (Å²) in [5.41, 5.74) is 17.8. The van der Waals surface area contributed by atoms with E-state index in [0.717, 1.165) is 5.56 Å². The summed E-state index contributed by atoms with van der Waals surface area (Å²) in [7, 11) is 1.75. The lowest BCUT2D eigenvalue weighted by molar-refractivity contribution is -0.142. The van der Waals surface area contributed by atoms with Crippen molar-refractivity contribution in [3.63, 3.8) is 0 Å². The number of hydrogen-bond acceptors (Lipinski definition) is 8. The number of imidazole rings is 1. The van der Waals surface area contributed by atoms with Crippen LogP contribution in [0.1, 0.15) is 50.3 Å². The molecule has 0 fully saturated rings. The second kappa shape index (κ2) is 20.0. The maximum Gasteiger partial charge on any atom is 0.326 e. The number of aliphatic imine (C=N–C) groups is 1. The molecule has 1 aromatic heterocycles. The summed E-state index contributed by atoms with van der Waals surface area (Å²) in [5.74, 6) is -2.93. The lowest BCUT2D eigenvalue weighted by atomic mass is 10.0. The van der Waals surface area contributed by atoms with Crippen LogP contribution >= 0.6 is 12.2 Å². The normalized spacial score (nSPS) is 13.5. The molecule has 1 aromatic carbocycles. The fourth-order valence-corrected chi connectivity index (χ4v) is 4.97. The minimum absolute atomic E-state index is 0.0406. The Kier molecular flexibility index (Phi) is 16.5. The van der Waals surface area contributed by atoms with Gasteiger partial charge in [-0.2, -0.15) is 0 Å². The maximum absolute atomic E-state index is 13.8. The molecule has 0 aliphatic heterocycles. The molecular weight excluding hydrogens is 612 g/mol. The molecule has 2 aromatic rings. The largest absolute Gasteiger partial charge is 0.480 e. The second-order valence-corrected chi connectivity index (χ2v) is 11.3. The van der Waals surface area contributed by atoms with Crippen molar-refractivity contribution in [2.75, 3.05) is 19.6 Å². The monoisotopic (exact) mass is 660 g/mol. The summed E-state index contributed by atoms with van der Waals surface area (Å²) >= 11 is 5.28. The van der Waals surface area contributed by atoms with E-state index in [1.54, 1.807) is 42.1 Å². The van der Waals surface area contributed by atoms with Crippen molar-refractivity contribution >= 4 is 41.9 Å². The topological polar surface area (TPSA) is 248 Å². The van der Waals surface area contributed by atoms with E-state index in [2.05, 4.69) is 31.2 Å². The number of nitrogens with two attached hydrogens (primary N) is 3. The zero-order valence-corrected chi connectivity index (χ0v) is 27.3. The van der Waals surface area contributed by atoms with Gasteiger partial charge in [0.05, 0.1) is 6.04 Å². The number of aromatic nitrogens is 2. The van der Waals surface area contributed by atoms with E-state index in [0.29, 0.717) is 55.8 Å². The fraction of sp³-hybridized carbons (Fsp3) is 0.533. The van der Waals surface area contributed by atoms with Crippen molar-refractivity contribution in [2.45, 2.75) is 76.0 Å². The minimum Gasteiger partial charge on any atom is -0.480 e. The highest BCUT2D eigenvalue weighted by molar-refractivity contribution is 7.71. The van der Waals surface area contributed by atoms with E-state index in [9.17, 15) is 24.3 Å². The molecule has 0 bridgehead atoms. The summed E-state index contributed by atoms with van der Waals surface area (Å²) in [6.45, 7) is 3.08. The molecule has 4 unspecified atom stereocenters. The Bertz CT molecular complexity index is 1360. The van der Waals surface area contributed by atoms with Crippen LogP contribution < -0.4 is 38.5 Å². The van der Waals surface area contributed by atoms with Gasteiger partial charge in [-0.15, -0.1) is 0 Å². The van der Waals surface area contributed by atoms with Crippen LogP contribution in [0.5, 0.6) is 0 Å². The van der Waals surface area contributed by atoms with Crippen molar-refractivity contribution in [2.24, 2.45) is 29.2 Å². The number of rotatable bonds is 21. The predicted molar refractivity (Wildman–Crippen MR) is 178 cm³/mol. The Morgan fingerprint density at radius 2 is 1.52 bits per heavy atom. The van der Waals surface area contributed by atoms with Crippen LogP contribution in [0.4, 0.5) is 0 Å². The van der Waals surface area contributed by atoms with Crippen LogP contribution in [0, 0.1) is 4.77 Å². The van der Waals surface area contributed by atoms with Crippen molar-refractivity contribution in [1.82, 2.24) is 30.8 Å². The van der Waals surface area contributed by atoms with Gasteiger partial charge in [0.2, 0.25) is 17.7 Å². The van der Waals surface area contributed by atoms with Gasteiger partial charge in [-0.3, -0.25) is 19.4 Å². The zero-order chi connectivity index (χ0) is 34.1. The number of nitrogens with zero attached hydrogens (tertiary/aromatic N) is 2. The summed E-state index contributed by atoms with van der Waals surface area (Å²) < 4.78 is 2.11. The van der Waals surface area contributed by atoms with E-state index in [1.807, 2.05) is 13.0 Å². The van der Waals surface area contributed by atoms with Gasteiger partial charge >= 0.3 is 5.97 Å². The number of carboxylic acid groups (broad SMARTS) is 1. The quantitative estimate of drug-likeness (QED) is 0.0362. The van der Waals surface area contributed by atoms with Crippen molar-refractivity contribution in [3.05, 3.63) is 52.6 Å². The first-order valence-electron chi connectivity index (χ1n) is 15.4. The molecule has 0 saturated carbocycles. The third-order valence-corrected chi connectivity index (χ3v) is 7.57. The molecule has 15 nitrogen and oxygen atoms in total. The Morgan fingerprint density at radius 3 is 2.11 bits per heavy atom. The van der Waals surface area contributed by atoms with Gasteiger partial charge in [0.15, 0.2) is 10.7 Å². The van der Waals surface area contributed by atoms with Crippen LogP contribution in [-0.4, -0.2) is 88.1 Å². The van der Waals surface area contributed by atoms with Crippen LogP contribution in [-0.2, 0) is 39.1 Å². The summed E-state index contributed by atoms with van der Waals surface area (Å²) in [6.07, 6.45) is 4.07. The average Bonchev–Trinajstić information content (AvgIpc) is 3.33. The Balaban J connectivity index is 2.28. The van der Waals surface area contributed by atoms with Gasteiger partial charge in [0.25, 0.3) is 0 Å². The number of benzene rings is 1. The summed E-state index contributed by atoms with van der Waals surface area (Å²) in [6, 6.07) is 4.89. The molecule has 46 heavy (non-hydrogen) atoms. The number of likely N-dealkylation sites (N-methyl/N-ethyl adjacent to an activating group) is 1. The lowest BCUT2D eigenvalue weighted by Gasteiger charge is -2.26. The van der Waals surface area contributed by atoms with E-state index in [4.69, 9.17) is 29.4 Å². The second-order valence-electron chi connectivity index (χ2n) is 11.0. The zero-order valence-electron chi connectivity index (χ0n) is 26.5. The van der Waals surface area contributed by atoms with Crippen molar-refractivity contribution in [1.29, 1.82) is 0 Å². The number of carbonyl (C=O) groups excluding carboxylic acids is 3. The highest BCUT2D eigenvalue weighted by Gasteiger charge is 2.31. The van der Waals surface area contributed by atoms with Gasteiger partial charge in [-0.1, -0.05) is 37.3 Å². The first-order valence-corrected chi connectivity index (χ1v) is 15.8. The third kappa shape index (κ3) is 13.4. The van der Waals surface area contributed by atoms with Crippen LogP contribution in [0.25, 0.3) is 0 Å². The smallest absolute Gasteiger partial charge is 0.326 e. The van der Waals surface area contributed by atoms with Crippen molar-refractivity contribution in [3.8, 4) is 0 Å². The molecule has 2 rings (SSSR count). The van der Waals surface area contributed by atoms with E-state index in [-0.39, 0.29) is 25.2 Å². The number of carboxylic acids is 1. The average molecular weight is 661 g/mol. The van der Waals surface area contributed by atoms with Gasteiger partial charge in [-0.05, 0) is 63.0 Å². The number of aliphatic carboxylic acids is 1. The van der Waals surface area contributed by atoms with Gasteiger partial charge in [0.1, 0.15) is 18.1 Å². The van der Waals surface area contributed by atoms with E-state index < -0.39 is 47.9 Å². The minimum atomic E-state index is -1.22. The van der Waals surface area contributed by atoms with Crippen molar-refractivity contribution < 1.29 is 24.3 Å². The van der Waals surface area contributed by atoms with Gasteiger partial charge < -0.3 is 53.1 Å². The van der Waals surface area contributed by atoms with E-state index in [1.165, 1.54) is 0 Å². The first-order chi connectivity index (χ1) is 21.9. The lowest BCUT2D eigenvalue weighted by Crippen LogP contribution is -2.58. The molecule has 1 heterocycles. The maximum atomic E-state index is 13.8. The number of amides is 3. The summed E-state index contributed by atoms with van der Waals surface area (Å²) in [4.78, 5) is 59.7. The van der Waals surface area contributed by atoms with Crippen LogP contribution in [0.15, 0.2) is 41.5 Å². The Labute approximate surface area is 274 Å². The SMILES string of the molecule is CCNC(CCCN=C(N)N)C(=O)NC(Cc1cn(C)c(=S)[nH]1)C(=O)NC(CCCCN)C(=O)NC(Cc1ccccc1)C(=O)O. The number of nitrogens with one attached hydrogen (secondary N) is 5. The van der Waals surface area contributed by atoms with Crippen LogP contribution in [0.2, 0.25) is 0 Å². The molecule has 3 amide bonds. The number of H-pyrrole nitrogens is 1.